The van der Waals surface area contributed by atoms with E-state index in [0.29, 0.717) is 0 Å². The normalized spacial score (nSPS) is 13.3. The summed E-state index contributed by atoms with van der Waals surface area (Å²) < 4.78 is 12.5. The van der Waals surface area contributed by atoms with Crippen LogP contribution in [0, 0.1) is 0 Å². The van der Waals surface area contributed by atoms with Crippen molar-refractivity contribution in [2.45, 2.75) is 38.3 Å². The quantitative estimate of drug-likeness (QED) is 0.260. The number of halogens is 1. The molecular weight excluding hydrogens is 455 g/mol. The Morgan fingerprint density at radius 3 is 1.81 bits per heavy atom. The van der Waals surface area contributed by atoms with Crippen molar-refractivity contribution in [1.29, 1.82) is 0 Å². The van der Waals surface area contributed by atoms with E-state index in [1.54, 1.807) is 0 Å². The van der Waals surface area contributed by atoms with Crippen LogP contribution in [0.5, 0.6) is 0 Å². The number of carbonyl (C=O) groups excluding carboxylic acids is 1. The van der Waals surface area contributed by atoms with Crippen molar-refractivity contribution in [2.75, 3.05) is 11.5 Å². The number of benzene rings is 2. The fraction of sp³-hybridized carbons (Fsp3) is 0.381. The Balaban J connectivity index is 2.62. The summed E-state index contributed by atoms with van der Waals surface area (Å²) in [6.45, 7) is 6.71. The highest BCUT2D eigenvalue weighted by Gasteiger charge is 2.51. The highest BCUT2D eigenvalue weighted by atomic mass is 127. The van der Waals surface area contributed by atoms with Gasteiger partial charge in [0, 0.05) is 4.43 Å². The van der Waals surface area contributed by atoms with E-state index in [4.69, 9.17) is 9.16 Å². The van der Waals surface area contributed by atoms with Crippen molar-refractivity contribution in [3.63, 3.8) is 0 Å². The van der Waals surface area contributed by atoms with E-state index in [2.05, 4.69) is 91.9 Å². The van der Waals surface area contributed by atoms with Gasteiger partial charge in [-0.1, -0.05) is 104 Å². The minimum Gasteiger partial charge on any atom is -0.469 e. The third-order valence-corrected chi connectivity index (χ3v) is 10.6. The van der Waals surface area contributed by atoms with Gasteiger partial charge in [0.2, 0.25) is 0 Å². The van der Waals surface area contributed by atoms with E-state index < -0.39 is 8.32 Å². The molecule has 5 heteroatoms. The lowest BCUT2D eigenvalue weighted by atomic mass is 10.2. The monoisotopic (exact) mass is 482 g/mol. The lowest BCUT2D eigenvalue weighted by molar-refractivity contribution is -0.142. The molecule has 1 atom stereocenters. The van der Waals surface area contributed by atoms with Gasteiger partial charge in [0.1, 0.15) is 0 Å². The van der Waals surface area contributed by atoms with Crippen molar-refractivity contribution >= 4 is 47.3 Å². The average molecular weight is 482 g/mol. The average Bonchev–Trinajstić information content (AvgIpc) is 2.65. The van der Waals surface area contributed by atoms with Crippen LogP contribution in [0.15, 0.2) is 60.7 Å². The number of ether oxygens (including phenoxy) is 1. The third kappa shape index (κ3) is 4.56. The van der Waals surface area contributed by atoms with Crippen molar-refractivity contribution in [2.24, 2.45) is 0 Å². The smallest absolute Gasteiger partial charge is 0.308 e. The highest BCUT2D eigenvalue weighted by Crippen LogP contribution is 2.38. The molecule has 0 aliphatic rings. The molecule has 0 amide bonds. The summed E-state index contributed by atoms with van der Waals surface area (Å²) in [4.78, 5) is 11.9. The first-order valence-electron chi connectivity index (χ1n) is 8.77. The molecule has 2 rings (SSSR count). The molecule has 3 nitrogen and oxygen atoms in total. The second kappa shape index (κ2) is 9.15. The van der Waals surface area contributed by atoms with Gasteiger partial charge in [0.25, 0.3) is 8.32 Å². The van der Waals surface area contributed by atoms with Gasteiger partial charge in [-0.25, -0.2) is 0 Å². The molecule has 0 bridgehead atoms. The van der Waals surface area contributed by atoms with Crippen molar-refractivity contribution in [3.8, 4) is 0 Å². The van der Waals surface area contributed by atoms with Crippen LogP contribution in [-0.2, 0) is 14.0 Å². The molecule has 0 saturated carbocycles. The van der Waals surface area contributed by atoms with Crippen LogP contribution in [0.3, 0.4) is 0 Å². The molecule has 26 heavy (non-hydrogen) atoms. The fourth-order valence-electron chi connectivity index (χ4n) is 3.34. The molecule has 0 fully saturated rings. The fourth-order valence-corrected chi connectivity index (χ4v) is 8.85. The van der Waals surface area contributed by atoms with Crippen LogP contribution in [0.4, 0.5) is 0 Å². The molecule has 0 aliphatic heterocycles. The van der Waals surface area contributed by atoms with Gasteiger partial charge >= 0.3 is 5.97 Å². The van der Waals surface area contributed by atoms with Gasteiger partial charge in [-0.05, 0) is 15.4 Å². The molecule has 1 unspecified atom stereocenters. The summed E-state index contributed by atoms with van der Waals surface area (Å²) in [6.07, 6.45) is 0.0820. The van der Waals surface area contributed by atoms with Gasteiger partial charge in [0.15, 0.2) is 0 Å². The largest absolute Gasteiger partial charge is 0.469 e. The Morgan fingerprint density at radius 2 is 1.46 bits per heavy atom. The van der Waals surface area contributed by atoms with Gasteiger partial charge in [-0.15, -0.1) is 0 Å². The zero-order valence-electron chi connectivity index (χ0n) is 15.9. The molecule has 140 valence electrons. The van der Waals surface area contributed by atoms with Gasteiger partial charge in [0.05, 0.1) is 19.6 Å². The molecule has 0 saturated heterocycles. The van der Waals surface area contributed by atoms with E-state index in [0.717, 1.165) is 4.43 Å². The predicted molar refractivity (Wildman–Crippen MR) is 118 cm³/mol. The summed E-state index contributed by atoms with van der Waals surface area (Å²) in [7, 11) is -1.20. The van der Waals surface area contributed by atoms with E-state index in [1.807, 2.05) is 12.1 Å². The van der Waals surface area contributed by atoms with Gasteiger partial charge in [-0.2, -0.15) is 0 Å². The number of hydrogen-bond acceptors (Lipinski definition) is 3. The molecule has 0 spiro atoms. The maximum atomic E-state index is 11.9. The van der Waals surface area contributed by atoms with E-state index in [1.165, 1.54) is 17.5 Å². The standard InChI is InChI=1S/C21H27IO3Si/c1-21(2,3)26(18-11-7-5-8-12-18,19-13-9-6-10-14-19)25-17(16-22)15-20(23)24-4/h5-14,17H,15-16H2,1-4H3. The topological polar surface area (TPSA) is 35.5 Å². The summed E-state index contributed by atoms with van der Waals surface area (Å²) in [5.41, 5.74) is 0. The van der Waals surface area contributed by atoms with E-state index >= 15 is 0 Å². The molecule has 0 heterocycles. The van der Waals surface area contributed by atoms with Crippen LogP contribution < -0.4 is 10.4 Å². The number of rotatable bonds is 7. The van der Waals surface area contributed by atoms with Crippen molar-refractivity contribution < 1.29 is 14.0 Å². The number of carbonyl (C=O) groups is 1. The van der Waals surface area contributed by atoms with Crippen LogP contribution >= 0.6 is 22.6 Å². The first kappa shape index (κ1) is 21.1. The lowest BCUT2D eigenvalue weighted by Crippen LogP contribution is -2.68. The molecule has 0 aliphatic carbocycles. The number of alkyl halides is 1. The van der Waals surface area contributed by atoms with Gasteiger partial charge in [-0.3, -0.25) is 4.79 Å². The Hall–Kier alpha value is -1.18. The van der Waals surface area contributed by atoms with Crippen LogP contribution in [-0.4, -0.2) is 31.9 Å². The van der Waals surface area contributed by atoms with Crippen molar-refractivity contribution in [3.05, 3.63) is 60.7 Å². The molecular formula is C21H27IO3Si. The van der Waals surface area contributed by atoms with E-state index in [9.17, 15) is 4.79 Å². The maximum Gasteiger partial charge on any atom is 0.308 e. The van der Waals surface area contributed by atoms with Gasteiger partial charge < -0.3 is 9.16 Å². The Bertz CT molecular complexity index is 659. The summed E-state index contributed by atoms with van der Waals surface area (Å²) in [6, 6.07) is 21.0. The lowest BCUT2D eigenvalue weighted by Gasteiger charge is -2.44. The molecule has 2 aromatic rings. The highest BCUT2D eigenvalue weighted by molar-refractivity contribution is 14.1. The first-order valence-corrected chi connectivity index (χ1v) is 12.2. The Labute approximate surface area is 171 Å². The zero-order valence-corrected chi connectivity index (χ0v) is 19.0. The Morgan fingerprint density at radius 1 is 1.00 bits per heavy atom. The second-order valence-electron chi connectivity index (χ2n) is 7.34. The zero-order chi connectivity index (χ0) is 19.2. The van der Waals surface area contributed by atoms with Crippen LogP contribution in [0.1, 0.15) is 27.2 Å². The molecule has 0 radical (unpaired) electrons. The first-order chi connectivity index (χ1) is 12.3. The summed E-state index contributed by atoms with van der Waals surface area (Å²) in [5.74, 6) is -0.232. The van der Waals surface area contributed by atoms with E-state index in [-0.39, 0.29) is 23.5 Å². The number of methoxy groups -OCH3 is 1. The second-order valence-corrected chi connectivity index (χ2v) is 12.5. The van der Waals surface area contributed by atoms with Crippen LogP contribution in [0.25, 0.3) is 0 Å². The number of esters is 1. The summed E-state index contributed by atoms with van der Waals surface area (Å²) >= 11 is 2.30. The minimum absolute atomic E-state index is 0.101. The van der Waals surface area contributed by atoms with Crippen LogP contribution in [0.2, 0.25) is 5.04 Å². The number of hydrogen-bond donors (Lipinski definition) is 0. The molecule has 0 N–H and O–H groups in total. The SMILES string of the molecule is COC(=O)CC(CI)O[Si](c1ccccc1)(c1ccccc1)C(C)(C)C. The van der Waals surface area contributed by atoms with Crippen molar-refractivity contribution in [1.82, 2.24) is 0 Å². The third-order valence-electron chi connectivity index (χ3n) is 4.55. The molecule has 2 aromatic carbocycles. The Kier molecular flexibility index (Phi) is 7.43. The summed E-state index contributed by atoms with van der Waals surface area (Å²) in [5, 5.41) is 2.34. The minimum atomic E-state index is -2.63. The molecule has 0 aromatic heterocycles. The maximum absolute atomic E-state index is 11.9. The predicted octanol–water partition coefficient (Wildman–Crippen LogP) is 3.93.